The molecule has 0 saturated heterocycles. The largest absolute Gasteiger partial charge is 0.478 e. The Labute approximate surface area is 138 Å². The number of sulfonamides is 1. The maximum Gasteiger partial charge on any atom is 0.337 e. The van der Waals surface area contributed by atoms with Crippen LogP contribution >= 0.6 is 38.9 Å². The molecular weight excluding hydrogens is 402 g/mol. The molecule has 0 spiro atoms. The fourth-order valence-corrected chi connectivity index (χ4v) is 5.32. The van der Waals surface area contributed by atoms with Gasteiger partial charge in [-0.3, -0.25) is 4.72 Å². The van der Waals surface area contributed by atoms with Gasteiger partial charge in [0.1, 0.15) is 4.90 Å². The molecule has 0 aliphatic carbocycles. The van der Waals surface area contributed by atoms with E-state index in [1.54, 1.807) is 6.92 Å². The molecule has 1 aromatic heterocycles. The summed E-state index contributed by atoms with van der Waals surface area (Å²) in [5.74, 6) is -1.23. The fourth-order valence-electron chi connectivity index (χ4n) is 1.66. The molecule has 21 heavy (non-hydrogen) atoms. The van der Waals surface area contributed by atoms with Gasteiger partial charge in [0.15, 0.2) is 0 Å². The highest BCUT2D eigenvalue weighted by molar-refractivity contribution is 9.11. The molecule has 0 amide bonds. The third-order valence-electron chi connectivity index (χ3n) is 2.58. The minimum atomic E-state index is -3.78. The highest BCUT2D eigenvalue weighted by Crippen LogP contribution is 2.31. The monoisotopic (exact) mass is 409 g/mol. The average molecular weight is 411 g/mol. The molecule has 0 aliphatic heterocycles. The highest BCUT2D eigenvalue weighted by atomic mass is 79.9. The molecule has 0 atom stereocenters. The predicted molar refractivity (Wildman–Crippen MR) is 86.0 cm³/mol. The molecule has 2 N–H and O–H groups in total. The number of hydrogen-bond acceptors (Lipinski definition) is 4. The van der Waals surface area contributed by atoms with E-state index in [9.17, 15) is 13.2 Å². The molecule has 2 aromatic rings. The van der Waals surface area contributed by atoms with E-state index in [-0.39, 0.29) is 21.2 Å². The average Bonchev–Trinajstić information content (AvgIpc) is 2.71. The van der Waals surface area contributed by atoms with E-state index in [1.807, 2.05) is 0 Å². The van der Waals surface area contributed by atoms with Crippen molar-refractivity contribution in [3.05, 3.63) is 43.5 Å². The van der Waals surface area contributed by atoms with Gasteiger partial charge in [0.2, 0.25) is 0 Å². The number of thiophene rings is 1. The Morgan fingerprint density at radius 1 is 1.38 bits per heavy atom. The van der Waals surface area contributed by atoms with Crippen LogP contribution in [0.4, 0.5) is 5.69 Å². The second-order valence-electron chi connectivity index (χ2n) is 4.08. The van der Waals surface area contributed by atoms with Crippen molar-refractivity contribution in [2.45, 2.75) is 11.8 Å². The molecule has 0 bridgehead atoms. The zero-order chi connectivity index (χ0) is 15.8. The Bertz CT molecular complexity index is 817. The lowest BCUT2D eigenvalue weighted by Gasteiger charge is -2.09. The zero-order valence-electron chi connectivity index (χ0n) is 10.6. The van der Waals surface area contributed by atoms with Crippen LogP contribution in [0.15, 0.2) is 32.9 Å². The van der Waals surface area contributed by atoms with Crippen molar-refractivity contribution in [1.29, 1.82) is 0 Å². The number of benzene rings is 1. The second kappa shape index (κ2) is 5.96. The minimum absolute atomic E-state index is 0.0416. The highest BCUT2D eigenvalue weighted by Gasteiger charge is 2.20. The van der Waals surface area contributed by atoms with Crippen LogP contribution in [0.1, 0.15) is 15.2 Å². The summed E-state index contributed by atoms with van der Waals surface area (Å²) >= 11 is 10.3. The molecule has 0 saturated carbocycles. The molecule has 112 valence electrons. The summed E-state index contributed by atoms with van der Waals surface area (Å²) in [6.07, 6.45) is 0. The third-order valence-corrected chi connectivity index (χ3v) is 6.10. The number of halogens is 2. The smallest absolute Gasteiger partial charge is 0.337 e. The third kappa shape index (κ3) is 3.57. The van der Waals surface area contributed by atoms with E-state index in [1.165, 1.54) is 35.6 Å². The standard InChI is InChI=1S/C12H9BrClNO4S2/c1-6-10(5-11(13)20-6)21(18,19)15-7-2-3-9(14)8(4-7)12(16)17/h2-5,15H,1H3,(H,16,17). The predicted octanol–water partition coefficient (Wildman–Crippen LogP) is 3.97. The molecule has 2 rings (SSSR count). The van der Waals surface area contributed by atoms with E-state index < -0.39 is 16.0 Å². The molecule has 1 heterocycles. The van der Waals surface area contributed by atoms with Crippen LogP contribution in [0.5, 0.6) is 0 Å². The van der Waals surface area contributed by atoms with Crippen LogP contribution in [0.2, 0.25) is 5.02 Å². The summed E-state index contributed by atoms with van der Waals surface area (Å²) in [4.78, 5) is 11.8. The Kier molecular flexibility index (Phi) is 4.62. The lowest BCUT2D eigenvalue weighted by atomic mass is 10.2. The maximum absolute atomic E-state index is 12.3. The van der Waals surface area contributed by atoms with Gasteiger partial charge >= 0.3 is 5.97 Å². The number of carboxylic acid groups (broad SMARTS) is 1. The number of nitrogens with one attached hydrogen (secondary N) is 1. The summed E-state index contributed by atoms with van der Waals surface area (Å²) in [6, 6.07) is 5.41. The van der Waals surface area contributed by atoms with Crippen LogP contribution in [0, 0.1) is 6.92 Å². The van der Waals surface area contributed by atoms with Crippen LogP contribution < -0.4 is 4.72 Å². The first-order valence-corrected chi connectivity index (χ1v) is 8.99. The summed E-state index contributed by atoms with van der Waals surface area (Å²) in [6.45, 7) is 1.69. The molecular formula is C12H9BrClNO4S2. The Hall–Kier alpha value is -1.09. The van der Waals surface area contributed by atoms with Gasteiger partial charge in [0, 0.05) is 10.6 Å². The lowest BCUT2D eigenvalue weighted by Crippen LogP contribution is -2.13. The van der Waals surface area contributed by atoms with Crippen LogP contribution in [0.25, 0.3) is 0 Å². The molecule has 9 heteroatoms. The number of carboxylic acids is 1. The molecule has 0 radical (unpaired) electrons. The summed E-state index contributed by atoms with van der Waals surface area (Å²) < 4.78 is 27.6. The number of aromatic carboxylic acids is 1. The van der Waals surface area contributed by atoms with Gasteiger partial charge in [-0.05, 0) is 47.1 Å². The van der Waals surface area contributed by atoms with Crippen molar-refractivity contribution in [1.82, 2.24) is 0 Å². The van der Waals surface area contributed by atoms with E-state index in [4.69, 9.17) is 16.7 Å². The Balaban J connectivity index is 2.40. The molecule has 5 nitrogen and oxygen atoms in total. The Morgan fingerprint density at radius 2 is 2.05 bits per heavy atom. The molecule has 1 aromatic carbocycles. The van der Waals surface area contributed by atoms with Crippen molar-refractivity contribution < 1.29 is 18.3 Å². The maximum atomic E-state index is 12.3. The number of carbonyl (C=O) groups is 1. The summed E-state index contributed by atoms with van der Waals surface area (Å²) in [7, 11) is -3.78. The van der Waals surface area contributed by atoms with Crippen molar-refractivity contribution in [2.24, 2.45) is 0 Å². The van der Waals surface area contributed by atoms with Crippen LogP contribution in [-0.4, -0.2) is 19.5 Å². The summed E-state index contributed by atoms with van der Waals surface area (Å²) in [5.41, 5.74) is -0.0291. The van der Waals surface area contributed by atoms with Crippen molar-refractivity contribution in [3.8, 4) is 0 Å². The van der Waals surface area contributed by atoms with Crippen molar-refractivity contribution in [3.63, 3.8) is 0 Å². The Morgan fingerprint density at radius 3 is 2.57 bits per heavy atom. The topological polar surface area (TPSA) is 83.5 Å². The second-order valence-corrected chi connectivity index (χ2v) is 8.77. The van der Waals surface area contributed by atoms with E-state index >= 15 is 0 Å². The van der Waals surface area contributed by atoms with Crippen LogP contribution in [0.3, 0.4) is 0 Å². The number of anilines is 1. The minimum Gasteiger partial charge on any atom is -0.478 e. The molecule has 0 fully saturated rings. The van der Waals surface area contributed by atoms with Gasteiger partial charge < -0.3 is 5.11 Å². The molecule has 0 unspecified atom stereocenters. The fraction of sp³-hybridized carbons (Fsp3) is 0.0833. The zero-order valence-corrected chi connectivity index (χ0v) is 14.5. The number of rotatable bonds is 4. The van der Waals surface area contributed by atoms with Gasteiger partial charge in [0.25, 0.3) is 10.0 Å². The number of aryl methyl sites for hydroxylation is 1. The summed E-state index contributed by atoms with van der Waals surface area (Å²) in [5, 5.41) is 9.03. The van der Waals surface area contributed by atoms with E-state index in [0.717, 1.165) is 0 Å². The van der Waals surface area contributed by atoms with Gasteiger partial charge in [-0.15, -0.1) is 11.3 Å². The van der Waals surface area contributed by atoms with E-state index in [2.05, 4.69) is 20.7 Å². The first-order chi connectivity index (χ1) is 9.70. The van der Waals surface area contributed by atoms with Gasteiger partial charge in [-0.25, -0.2) is 13.2 Å². The van der Waals surface area contributed by atoms with Crippen molar-refractivity contribution in [2.75, 3.05) is 4.72 Å². The first kappa shape index (κ1) is 16.3. The van der Waals surface area contributed by atoms with Crippen LogP contribution in [-0.2, 0) is 10.0 Å². The van der Waals surface area contributed by atoms with Gasteiger partial charge in [0.05, 0.1) is 14.4 Å². The first-order valence-electron chi connectivity index (χ1n) is 5.52. The normalized spacial score (nSPS) is 11.4. The van der Waals surface area contributed by atoms with Gasteiger partial charge in [-0.1, -0.05) is 11.6 Å². The number of hydrogen-bond donors (Lipinski definition) is 2. The lowest BCUT2D eigenvalue weighted by molar-refractivity contribution is 0.0697. The van der Waals surface area contributed by atoms with E-state index in [0.29, 0.717) is 8.66 Å². The molecule has 0 aliphatic rings. The SMILES string of the molecule is Cc1sc(Br)cc1S(=O)(=O)Nc1ccc(Cl)c(C(=O)O)c1. The van der Waals surface area contributed by atoms with Crippen molar-refractivity contribution >= 4 is 60.5 Å². The van der Waals surface area contributed by atoms with Gasteiger partial charge in [-0.2, -0.15) is 0 Å². The quantitative estimate of drug-likeness (QED) is 0.799.